The maximum Gasteiger partial charge on any atom is 0.165 e. The van der Waals surface area contributed by atoms with Crippen molar-refractivity contribution in [2.24, 2.45) is 5.41 Å². The van der Waals surface area contributed by atoms with Crippen LogP contribution in [-0.2, 0) is 6.42 Å². The Balaban J connectivity index is 1.46. The number of hydrogen-bond acceptors (Lipinski definition) is 6. The minimum Gasteiger partial charge on any atom is -0.389 e. The van der Waals surface area contributed by atoms with Gasteiger partial charge in [0.1, 0.15) is 23.6 Å². The van der Waals surface area contributed by atoms with Crippen LogP contribution >= 0.6 is 11.6 Å². The van der Waals surface area contributed by atoms with Crippen molar-refractivity contribution in [1.29, 1.82) is 0 Å². The van der Waals surface area contributed by atoms with Gasteiger partial charge in [-0.3, -0.25) is 0 Å². The summed E-state index contributed by atoms with van der Waals surface area (Å²) in [5.74, 6) is -0.769. The minimum absolute atomic E-state index is 0.109. The molecule has 3 aromatic heterocycles. The molecule has 1 fully saturated rings. The summed E-state index contributed by atoms with van der Waals surface area (Å²) in [5, 5.41) is 22.9. The van der Waals surface area contributed by atoms with Crippen LogP contribution in [0.2, 0.25) is 5.02 Å². The molecule has 0 radical (unpaired) electrons. The number of halogens is 3. The summed E-state index contributed by atoms with van der Waals surface area (Å²) in [6, 6.07) is 5.56. The topological polar surface area (TPSA) is 123 Å². The lowest BCUT2D eigenvalue weighted by molar-refractivity contribution is -0.0143. The van der Waals surface area contributed by atoms with E-state index in [0.29, 0.717) is 35.7 Å². The predicted octanol–water partition coefficient (Wildman–Crippen LogP) is 4.15. The van der Waals surface area contributed by atoms with E-state index in [-0.39, 0.29) is 27.6 Å². The fourth-order valence-electron chi connectivity index (χ4n) is 5.24. The number of aromatic nitrogens is 3. The molecule has 6 N–H and O–H groups in total. The normalized spacial score (nSPS) is 24.4. The van der Waals surface area contributed by atoms with E-state index in [4.69, 9.17) is 23.1 Å². The van der Waals surface area contributed by atoms with E-state index in [1.807, 2.05) is 0 Å². The quantitative estimate of drug-likeness (QED) is 0.306. The van der Waals surface area contributed by atoms with Crippen molar-refractivity contribution in [2.45, 2.75) is 37.5 Å². The number of fused-ring (bicyclic) bond motifs is 2. The molecule has 7 nitrogen and oxygen atoms in total. The molecule has 1 aliphatic rings. The van der Waals surface area contributed by atoms with E-state index in [9.17, 15) is 19.0 Å². The summed E-state index contributed by atoms with van der Waals surface area (Å²) in [5.41, 5.74) is 12.0. The van der Waals surface area contributed by atoms with Crippen LogP contribution < -0.4 is 11.5 Å². The lowest BCUT2D eigenvalue weighted by Crippen LogP contribution is -2.35. The van der Waals surface area contributed by atoms with Crippen LogP contribution in [0.15, 0.2) is 49.3 Å². The zero-order chi connectivity index (χ0) is 25.1. The number of nitrogens with two attached hydrogens (primary N) is 2. The fraction of sp³-hybridized carbons (Fsp3) is 0.280. The Kier molecular flexibility index (Phi) is 5.66. The van der Waals surface area contributed by atoms with Crippen molar-refractivity contribution in [3.05, 3.63) is 71.5 Å². The number of aliphatic hydroxyl groups is 2. The smallest absolute Gasteiger partial charge is 0.165 e. The van der Waals surface area contributed by atoms with Gasteiger partial charge >= 0.3 is 0 Å². The average molecular weight is 500 g/mol. The summed E-state index contributed by atoms with van der Waals surface area (Å²) in [6.07, 6.45) is 2.97. The monoisotopic (exact) mass is 499 g/mol. The van der Waals surface area contributed by atoms with Gasteiger partial charge in [0.05, 0.1) is 34.4 Å². The molecule has 182 valence electrons. The van der Waals surface area contributed by atoms with Crippen molar-refractivity contribution < 1.29 is 19.0 Å². The van der Waals surface area contributed by atoms with Crippen molar-refractivity contribution >= 4 is 45.0 Å². The molecule has 3 heterocycles. The largest absolute Gasteiger partial charge is 0.389 e. The number of aliphatic hydroxyl groups excluding tert-OH is 2. The number of anilines is 2. The van der Waals surface area contributed by atoms with Crippen molar-refractivity contribution in [1.82, 2.24) is 14.5 Å². The second kappa shape index (κ2) is 8.44. The molecule has 1 aliphatic carbocycles. The van der Waals surface area contributed by atoms with Gasteiger partial charge in [-0.1, -0.05) is 17.7 Å². The van der Waals surface area contributed by atoms with Crippen LogP contribution in [0.1, 0.15) is 24.4 Å². The number of hydrogen-bond donors (Lipinski definition) is 4. The summed E-state index contributed by atoms with van der Waals surface area (Å²) in [6.45, 7) is 3.91. The first kappa shape index (κ1) is 23.5. The van der Waals surface area contributed by atoms with Gasteiger partial charge in [-0.15, -0.1) is 6.58 Å². The highest BCUT2D eigenvalue weighted by molar-refractivity contribution is 6.33. The van der Waals surface area contributed by atoms with E-state index in [1.165, 1.54) is 12.1 Å². The molecule has 1 aromatic carbocycles. The number of rotatable bonds is 5. The van der Waals surface area contributed by atoms with Crippen LogP contribution in [0.5, 0.6) is 0 Å². The van der Waals surface area contributed by atoms with E-state index in [2.05, 4.69) is 16.5 Å². The second-order valence-electron chi connectivity index (χ2n) is 9.12. The number of pyridine rings is 2. The van der Waals surface area contributed by atoms with Gasteiger partial charge in [-0.05, 0) is 49.1 Å². The summed E-state index contributed by atoms with van der Waals surface area (Å²) in [7, 11) is 0. The highest BCUT2D eigenvalue weighted by Crippen LogP contribution is 2.49. The molecule has 5 rings (SSSR count). The maximum absolute atomic E-state index is 14.7. The Morgan fingerprint density at radius 1 is 1.17 bits per heavy atom. The van der Waals surface area contributed by atoms with Gasteiger partial charge in [-0.25, -0.2) is 18.7 Å². The first-order chi connectivity index (χ1) is 16.6. The third-order valence-electron chi connectivity index (χ3n) is 7.20. The van der Waals surface area contributed by atoms with Crippen molar-refractivity contribution in [3.63, 3.8) is 0 Å². The number of aryl methyl sites for hydroxylation is 1. The lowest BCUT2D eigenvalue weighted by atomic mass is 9.78. The van der Waals surface area contributed by atoms with Gasteiger partial charge < -0.3 is 26.2 Å². The molecule has 0 aliphatic heterocycles. The highest BCUT2D eigenvalue weighted by atomic mass is 35.5. The van der Waals surface area contributed by atoms with Gasteiger partial charge in [0.2, 0.25) is 0 Å². The Morgan fingerprint density at radius 2 is 1.94 bits per heavy atom. The summed E-state index contributed by atoms with van der Waals surface area (Å²) in [4.78, 5) is 8.01. The molecule has 0 bridgehead atoms. The molecule has 0 amide bonds. The Morgan fingerprint density at radius 3 is 2.69 bits per heavy atom. The number of nitrogens with zero attached hydrogens (tertiary/aromatic N) is 3. The van der Waals surface area contributed by atoms with Gasteiger partial charge in [-0.2, -0.15) is 0 Å². The molecule has 4 aromatic rings. The first-order valence-corrected chi connectivity index (χ1v) is 11.5. The third kappa shape index (κ3) is 3.71. The molecule has 10 heteroatoms. The van der Waals surface area contributed by atoms with Crippen LogP contribution in [0.3, 0.4) is 0 Å². The van der Waals surface area contributed by atoms with E-state index >= 15 is 0 Å². The molecule has 0 unspecified atom stereocenters. The molecular weight excluding hydrogens is 476 g/mol. The van der Waals surface area contributed by atoms with E-state index in [1.54, 1.807) is 29.0 Å². The van der Waals surface area contributed by atoms with Crippen LogP contribution in [0.4, 0.5) is 20.4 Å². The van der Waals surface area contributed by atoms with Gasteiger partial charge in [0.15, 0.2) is 5.82 Å². The zero-order valence-corrected chi connectivity index (χ0v) is 19.4. The Labute approximate surface area is 204 Å². The SMILES string of the molecule is C=C[C@]1(CCc2cc(F)c3cc(Cl)c(N)nc3c2)C[C@@H](n2ccc3c(N)ncc(F)c32)[C@H](O)[C@@H]1O. The second-order valence-corrected chi connectivity index (χ2v) is 9.53. The molecule has 0 spiro atoms. The maximum atomic E-state index is 14.7. The number of benzene rings is 1. The number of nitrogen functional groups attached to an aromatic ring is 2. The van der Waals surface area contributed by atoms with Crippen LogP contribution in [-0.4, -0.2) is 37.0 Å². The summed E-state index contributed by atoms with van der Waals surface area (Å²) >= 11 is 5.97. The molecule has 1 saturated carbocycles. The van der Waals surface area contributed by atoms with Crippen LogP contribution in [0, 0.1) is 17.0 Å². The minimum atomic E-state index is -1.19. The average Bonchev–Trinajstić information content (AvgIpc) is 3.38. The van der Waals surface area contributed by atoms with Gasteiger partial charge in [0.25, 0.3) is 0 Å². The molecule has 0 saturated heterocycles. The predicted molar refractivity (Wildman–Crippen MR) is 132 cm³/mol. The summed E-state index contributed by atoms with van der Waals surface area (Å²) < 4.78 is 31.0. The molecule has 4 atom stereocenters. The van der Waals surface area contributed by atoms with Gasteiger partial charge in [0, 0.05) is 22.4 Å². The van der Waals surface area contributed by atoms with Crippen molar-refractivity contribution in [3.8, 4) is 0 Å². The van der Waals surface area contributed by atoms with Crippen molar-refractivity contribution in [2.75, 3.05) is 11.5 Å². The van der Waals surface area contributed by atoms with E-state index in [0.717, 1.165) is 6.20 Å². The third-order valence-corrected chi connectivity index (χ3v) is 7.50. The Bertz CT molecular complexity index is 1480. The zero-order valence-electron chi connectivity index (χ0n) is 18.6. The molecule has 35 heavy (non-hydrogen) atoms. The lowest BCUT2D eigenvalue weighted by Gasteiger charge is -2.29. The van der Waals surface area contributed by atoms with Crippen LogP contribution in [0.25, 0.3) is 21.8 Å². The Hall–Kier alpha value is -3.27. The van der Waals surface area contributed by atoms with E-state index < -0.39 is 35.3 Å². The fourth-order valence-corrected chi connectivity index (χ4v) is 5.39. The standard InChI is InChI=1S/C25H24ClF2N5O2/c1-2-25(5-3-12-7-16(27)14-9-15(26)24(30)32-18(14)8-12)10-19(21(34)22(25)35)33-6-4-13-20(33)17(28)11-31-23(13)29/h2,4,6-9,11,19,21-22,34-35H,1,3,5,10H2,(H2,29,31)(H2,30,32)/t19-,21+,22+,25+/m1/s1. The highest BCUT2D eigenvalue weighted by Gasteiger charge is 2.51. The first-order valence-electron chi connectivity index (χ1n) is 11.1. The molecular formula is C25H24ClF2N5O2.